The van der Waals surface area contributed by atoms with Crippen molar-refractivity contribution in [3.8, 4) is 0 Å². The third-order valence-corrected chi connectivity index (χ3v) is 6.95. The van der Waals surface area contributed by atoms with Gasteiger partial charge in [-0.2, -0.15) is 4.31 Å². The van der Waals surface area contributed by atoms with E-state index >= 15 is 0 Å². The summed E-state index contributed by atoms with van der Waals surface area (Å²) in [5.74, 6) is 0. The summed E-state index contributed by atoms with van der Waals surface area (Å²) < 4.78 is 27.0. The first-order valence-corrected chi connectivity index (χ1v) is 10.3. The van der Waals surface area contributed by atoms with Crippen molar-refractivity contribution in [2.24, 2.45) is 0 Å². The molecule has 0 spiro atoms. The Labute approximate surface area is 163 Å². The molecule has 1 aliphatic heterocycles. The number of sulfonamides is 1. The van der Waals surface area contributed by atoms with Crippen LogP contribution >= 0.6 is 11.6 Å². The van der Waals surface area contributed by atoms with Gasteiger partial charge < -0.3 is 0 Å². The van der Waals surface area contributed by atoms with Gasteiger partial charge in [0.2, 0.25) is 10.0 Å². The Morgan fingerprint density at radius 1 is 1.07 bits per heavy atom. The van der Waals surface area contributed by atoms with E-state index in [1.165, 1.54) is 22.5 Å². The number of piperazine rings is 1. The zero-order chi connectivity index (χ0) is 19.6. The first-order valence-electron chi connectivity index (χ1n) is 8.53. The molecular formula is C18H20ClN3O4S. The topological polar surface area (TPSA) is 83.8 Å². The van der Waals surface area contributed by atoms with E-state index in [4.69, 9.17) is 11.6 Å². The largest absolute Gasteiger partial charge is 0.294 e. The first-order chi connectivity index (χ1) is 12.8. The van der Waals surface area contributed by atoms with Crippen LogP contribution in [0.15, 0.2) is 53.4 Å². The molecule has 2 aromatic carbocycles. The minimum atomic E-state index is -3.76. The van der Waals surface area contributed by atoms with Crippen LogP contribution in [0.4, 0.5) is 5.69 Å². The molecule has 0 saturated carbocycles. The van der Waals surface area contributed by atoms with Gasteiger partial charge in [0.05, 0.1) is 9.82 Å². The molecule has 27 heavy (non-hydrogen) atoms. The SMILES string of the molecule is CC(c1cccc(Cl)c1)N1CCN(S(=O)(=O)c2cccc([N+](=O)[O-])c2)CC1. The fraction of sp³-hybridized carbons (Fsp3) is 0.333. The van der Waals surface area contributed by atoms with E-state index in [0.717, 1.165) is 11.6 Å². The number of nitro groups is 1. The molecule has 0 bridgehead atoms. The van der Waals surface area contributed by atoms with E-state index in [2.05, 4.69) is 11.8 Å². The van der Waals surface area contributed by atoms with Gasteiger partial charge >= 0.3 is 0 Å². The molecule has 2 aromatic rings. The molecule has 0 amide bonds. The van der Waals surface area contributed by atoms with Crippen molar-refractivity contribution in [2.75, 3.05) is 26.2 Å². The second-order valence-corrected chi connectivity index (χ2v) is 8.80. The van der Waals surface area contributed by atoms with Crippen LogP contribution in [0.2, 0.25) is 5.02 Å². The van der Waals surface area contributed by atoms with Crippen molar-refractivity contribution < 1.29 is 13.3 Å². The minimum absolute atomic E-state index is 0.0481. The number of benzene rings is 2. The summed E-state index contributed by atoms with van der Waals surface area (Å²) in [7, 11) is -3.76. The van der Waals surface area contributed by atoms with Crippen LogP contribution in [0.25, 0.3) is 0 Å². The molecular weight excluding hydrogens is 390 g/mol. The van der Waals surface area contributed by atoms with E-state index in [1.54, 1.807) is 0 Å². The third-order valence-electron chi connectivity index (χ3n) is 4.82. The van der Waals surface area contributed by atoms with Gasteiger partial charge in [0.15, 0.2) is 0 Å². The number of nitro benzene ring substituents is 1. The van der Waals surface area contributed by atoms with Crippen molar-refractivity contribution in [2.45, 2.75) is 17.9 Å². The predicted molar refractivity (Wildman–Crippen MR) is 103 cm³/mol. The molecule has 9 heteroatoms. The standard InChI is InChI=1S/C18H20ClN3O4S/c1-14(15-4-2-5-16(19)12-15)20-8-10-21(11-9-20)27(25,26)18-7-3-6-17(13-18)22(23)24/h2-7,12-14H,8-11H2,1H3. The normalized spacial score (nSPS) is 17.6. The summed E-state index contributed by atoms with van der Waals surface area (Å²) in [4.78, 5) is 12.5. The first kappa shape index (κ1) is 19.8. The van der Waals surface area contributed by atoms with Gasteiger partial charge in [-0.15, -0.1) is 0 Å². The number of hydrogen-bond donors (Lipinski definition) is 0. The number of non-ortho nitro benzene ring substituents is 1. The monoisotopic (exact) mass is 409 g/mol. The second kappa shape index (κ2) is 7.93. The Balaban J connectivity index is 1.71. The molecule has 1 saturated heterocycles. The van der Waals surface area contributed by atoms with Gasteiger partial charge in [-0.1, -0.05) is 29.8 Å². The molecule has 1 atom stereocenters. The van der Waals surface area contributed by atoms with Crippen molar-refractivity contribution in [1.29, 1.82) is 0 Å². The lowest BCUT2D eigenvalue weighted by molar-refractivity contribution is -0.385. The van der Waals surface area contributed by atoms with Gasteiger partial charge in [-0.3, -0.25) is 15.0 Å². The summed E-state index contributed by atoms with van der Waals surface area (Å²) >= 11 is 6.06. The second-order valence-electron chi connectivity index (χ2n) is 6.43. The minimum Gasteiger partial charge on any atom is -0.294 e. The predicted octanol–water partition coefficient (Wildman–Crippen LogP) is 3.32. The van der Waals surface area contributed by atoms with E-state index in [9.17, 15) is 18.5 Å². The van der Waals surface area contributed by atoms with Crippen LogP contribution in [0.1, 0.15) is 18.5 Å². The fourth-order valence-electron chi connectivity index (χ4n) is 3.22. The highest BCUT2D eigenvalue weighted by Crippen LogP contribution is 2.26. The molecule has 1 heterocycles. The van der Waals surface area contributed by atoms with E-state index in [0.29, 0.717) is 31.2 Å². The van der Waals surface area contributed by atoms with Gasteiger partial charge in [-0.25, -0.2) is 8.42 Å². The van der Waals surface area contributed by atoms with Gasteiger partial charge in [0, 0.05) is 49.4 Å². The molecule has 7 nitrogen and oxygen atoms in total. The molecule has 0 aliphatic carbocycles. The summed E-state index contributed by atoms with van der Waals surface area (Å²) in [6.45, 7) is 3.87. The third kappa shape index (κ3) is 4.30. The van der Waals surface area contributed by atoms with Crippen LogP contribution in [0, 0.1) is 10.1 Å². The smallest absolute Gasteiger partial charge is 0.270 e. The Kier molecular flexibility index (Phi) is 5.81. The highest BCUT2D eigenvalue weighted by Gasteiger charge is 2.31. The molecule has 1 fully saturated rings. The zero-order valence-electron chi connectivity index (χ0n) is 14.8. The van der Waals surface area contributed by atoms with E-state index < -0.39 is 14.9 Å². The molecule has 1 aliphatic rings. The van der Waals surface area contributed by atoms with Gasteiger partial charge in [0.25, 0.3) is 5.69 Å². The van der Waals surface area contributed by atoms with E-state index in [-0.39, 0.29) is 16.6 Å². The highest BCUT2D eigenvalue weighted by atomic mass is 35.5. The summed E-state index contributed by atoms with van der Waals surface area (Å²) in [5.41, 5.74) is 0.849. The van der Waals surface area contributed by atoms with Crippen molar-refractivity contribution in [3.63, 3.8) is 0 Å². The molecule has 0 radical (unpaired) electrons. The van der Waals surface area contributed by atoms with Gasteiger partial charge in [-0.05, 0) is 30.7 Å². The number of halogens is 1. The summed E-state index contributed by atoms with van der Waals surface area (Å²) in [6, 6.07) is 12.9. The van der Waals surface area contributed by atoms with Crippen LogP contribution in [0.3, 0.4) is 0 Å². The van der Waals surface area contributed by atoms with E-state index in [1.807, 2.05) is 24.3 Å². The summed E-state index contributed by atoms with van der Waals surface area (Å²) in [6.07, 6.45) is 0. The average molecular weight is 410 g/mol. The Bertz CT molecular complexity index is 943. The molecule has 1 unspecified atom stereocenters. The maximum atomic E-state index is 12.8. The highest BCUT2D eigenvalue weighted by molar-refractivity contribution is 7.89. The van der Waals surface area contributed by atoms with Crippen molar-refractivity contribution in [1.82, 2.24) is 9.21 Å². The van der Waals surface area contributed by atoms with Crippen LogP contribution in [-0.2, 0) is 10.0 Å². The van der Waals surface area contributed by atoms with Crippen LogP contribution < -0.4 is 0 Å². The lowest BCUT2D eigenvalue weighted by atomic mass is 10.1. The Hall–Kier alpha value is -2.00. The lowest BCUT2D eigenvalue weighted by Gasteiger charge is -2.37. The van der Waals surface area contributed by atoms with Gasteiger partial charge in [0.1, 0.15) is 0 Å². The quantitative estimate of drug-likeness (QED) is 0.558. The fourth-order valence-corrected chi connectivity index (χ4v) is 4.88. The zero-order valence-corrected chi connectivity index (χ0v) is 16.4. The number of rotatable bonds is 5. The van der Waals surface area contributed by atoms with Crippen molar-refractivity contribution >= 4 is 27.3 Å². The maximum Gasteiger partial charge on any atom is 0.270 e. The summed E-state index contributed by atoms with van der Waals surface area (Å²) in [5, 5.41) is 11.6. The number of nitrogens with zero attached hydrogens (tertiary/aromatic N) is 3. The Morgan fingerprint density at radius 2 is 1.74 bits per heavy atom. The average Bonchev–Trinajstić information content (AvgIpc) is 2.67. The molecule has 0 aromatic heterocycles. The molecule has 144 valence electrons. The lowest BCUT2D eigenvalue weighted by Crippen LogP contribution is -2.49. The van der Waals surface area contributed by atoms with Crippen LogP contribution in [-0.4, -0.2) is 48.7 Å². The van der Waals surface area contributed by atoms with Crippen LogP contribution in [0.5, 0.6) is 0 Å². The maximum absolute atomic E-state index is 12.8. The van der Waals surface area contributed by atoms with Crippen molar-refractivity contribution in [3.05, 3.63) is 69.2 Å². The molecule has 0 N–H and O–H groups in total. The number of hydrogen-bond acceptors (Lipinski definition) is 5. The molecule has 3 rings (SSSR count). The Morgan fingerprint density at radius 3 is 2.37 bits per heavy atom.